The molecule has 0 fully saturated rings. The molecule has 1 unspecified atom stereocenters. The molecule has 0 saturated carbocycles. The topological polar surface area (TPSA) is 45.7 Å². The van der Waals surface area contributed by atoms with E-state index in [1.54, 1.807) is 14.2 Å². The van der Waals surface area contributed by atoms with Gasteiger partial charge in [-0.3, -0.25) is 4.99 Å². The Morgan fingerprint density at radius 2 is 2.05 bits per heavy atom. The Kier molecular flexibility index (Phi) is 10.5. The lowest BCUT2D eigenvalue weighted by Crippen LogP contribution is -2.41. The smallest absolute Gasteiger partial charge is 0.191 e. The zero-order chi connectivity index (χ0) is 14.1. The van der Waals surface area contributed by atoms with Crippen molar-refractivity contribution in [3.8, 4) is 0 Å². The van der Waals surface area contributed by atoms with Crippen molar-refractivity contribution in [3.05, 3.63) is 35.4 Å². The van der Waals surface area contributed by atoms with Crippen LogP contribution < -0.4 is 10.6 Å². The number of hydrogen-bond acceptors (Lipinski definition) is 2. The summed E-state index contributed by atoms with van der Waals surface area (Å²) in [5.74, 6) is 0.839. The summed E-state index contributed by atoms with van der Waals surface area (Å²) in [6, 6.07) is 8.79. The van der Waals surface area contributed by atoms with Crippen molar-refractivity contribution in [1.29, 1.82) is 0 Å². The molecule has 2 N–H and O–H groups in total. The molecule has 0 aromatic heterocycles. The Balaban J connectivity index is 0.00000361. The van der Waals surface area contributed by atoms with Crippen molar-refractivity contribution in [2.24, 2.45) is 4.99 Å². The summed E-state index contributed by atoms with van der Waals surface area (Å²) in [6.45, 7) is 5.70. The summed E-state index contributed by atoms with van der Waals surface area (Å²) < 4.78 is 5.14. The van der Waals surface area contributed by atoms with Gasteiger partial charge in [0.25, 0.3) is 0 Å². The second-order valence-electron chi connectivity index (χ2n) is 4.63. The molecule has 0 aliphatic carbocycles. The van der Waals surface area contributed by atoms with E-state index in [0.717, 1.165) is 18.9 Å². The van der Waals surface area contributed by atoms with Gasteiger partial charge in [-0.25, -0.2) is 0 Å². The molecule has 1 aromatic carbocycles. The van der Waals surface area contributed by atoms with E-state index >= 15 is 0 Å². The fourth-order valence-electron chi connectivity index (χ4n) is 1.71. The van der Waals surface area contributed by atoms with Crippen LogP contribution in [0.5, 0.6) is 0 Å². The monoisotopic (exact) mass is 391 g/mol. The molecule has 20 heavy (non-hydrogen) atoms. The van der Waals surface area contributed by atoms with E-state index in [1.807, 2.05) is 0 Å². The highest BCUT2D eigenvalue weighted by Crippen LogP contribution is 2.06. The third-order valence-corrected chi connectivity index (χ3v) is 2.98. The number of aliphatic imine (C=N–C) groups is 1. The van der Waals surface area contributed by atoms with Gasteiger partial charge in [-0.05, 0) is 24.5 Å². The fourth-order valence-corrected chi connectivity index (χ4v) is 1.71. The summed E-state index contributed by atoms with van der Waals surface area (Å²) in [4.78, 5) is 4.22. The average molecular weight is 391 g/mol. The first-order valence-electron chi connectivity index (χ1n) is 6.73. The number of halogens is 1. The lowest BCUT2D eigenvalue weighted by Gasteiger charge is -2.16. The quantitative estimate of drug-likeness (QED) is 0.445. The van der Waals surface area contributed by atoms with Gasteiger partial charge in [-0.15, -0.1) is 24.0 Å². The summed E-state index contributed by atoms with van der Waals surface area (Å²) in [6.07, 6.45) is 1.07. The summed E-state index contributed by atoms with van der Waals surface area (Å²) in [5.41, 5.74) is 2.41. The molecule has 5 heteroatoms. The Hall–Kier alpha value is -0.820. The Morgan fingerprint density at radius 3 is 2.65 bits per heavy atom. The Labute approximate surface area is 139 Å². The van der Waals surface area contributed by atoms with Gasteiger partial charge in [0.1, 0.15) is 0 Å². The van der Waals surface area contributed by atoms with E-state index in [4.69, 9.17) is 4.74 Å². The van der Waals surface area contributed by atoms with Crippen LogP contribution in [0.2, 0.25) is 0 Å². The van der Waals surface area contributed by atoms with Crippen LogP contribution in [0.15, 0.2) is 29.3 Å². The number of guanidine groups is 1. The van der Waals surface area contributed by atoms with Crippen LogP contribution in [0.25, 0.3) is 0 Å². The van der Waals surface area contributed by atoms with Gasteiger partial charge >= 0.3 is 0 Å². The highest BCUT2D eigenvalue weighted by molar-refractivity contribution is 14.0. The third kappa shape index (κ3) is 7.09. The summed E-state index contributed by atoms with van der Waals surface area (Å²) in [7, 11) is 3.50. The third-order valence-electron chi connectivity index (χ3n) is 2.98. The molecule has 1 aromatic rings. The van der Waals surface area contributed by atoms with E-state index in [-0.39, 0.29) is 24.0 Å². The minimum Gasteiger partial charge on any atom is -0.380 e. The minimum atomic E-state index is 0. The van der Waals surface area contributed by atoms with Gasteiger partial charge in [0.2, 0.25) is 0 Å². The van der Waals surface area contributed by atoms with Crippen LogP contribution in [0, 0.1) is 0 Å². The van der Waals surface area contributed by atoms with Crippen molar-refractivity contribution >= 4 is 29.9 Å². The lowest BCUT2D eigenvalue weighted by atomic mass is 10.1. The molecule has 0 heterocycles. The number of hydrogen-bond donors (Lipinski definition) is 2. The maximum Gasteiger partial charge on any atom is 0.191 e. The molecule has 0 aliphatic heterocycles. The first kappa shape index (κ1) is 19.2. The zero-order valence-electron chi connectivity index (χ0n) is 12.8. The molecular formula is C15H26IN3O. The normalized spacial score (nSPS) is 12.5. The van der Waals surface area contributed by atoms with Gasteiger partial charge in [0, 0.05) is 26.7 Å². The molecule has 0 spiro atoms. The van der Waals surface area contributed by atoms with E-state index in [2.05, 4.69) is 53.7 Å². The van der Waals surface area contributed by atoms with Crippen molar-refractivity contribution in [1.82, 2.24) is 10.6 Å². The lowest BCUT2D eigenvalue weighted by molar-refractivity contribution is 0.185. The largest absolute Gasteiger partial charge is 0.380 e. The molecular weight excluding hydrogens is 365 g/mol. The zero-order valence-corrected chi connectivity index (χ0v) is 15.1. The first-order chi connectivity index (χ1) is 9.19. The average Bonchev–Trinajstić information content (AvgIpc) is 2.44. The van der Waals surface area contributed by atoms with E-state index in [1.165, 1.54) is 11.1 Å². The number of methoxy groups -OCH3 is 1. The number of rotatable bonds is 6. The van der Waals surface area contributed by atoms with Gasteiger partial charge in [-0.2, -0.15) is 0 Å². The standard InChI is InChI=1S/C15H25N3O.HI/c1-5-12(2)18-15(16-3)17-10-13-7-6-8-14(9-13)11-19-4;/h6-9,12H,5,10-11H2,1-4H3,(H2,16,17,18);1H. The predicted octanol–water partition coefficient (Wildman–Crippen LogP) is 2.91. The van der Waals surface area contributed by atoms with Crippen LogP contribution in [0.1, 0.15) is 31.4 Å². The van der Waals surface area contributed by atoms with E-state index in [9.17, 15) is 0 Å². The second kappa shape index (κ2) is 10.9. The Bertz CT molecular complexity index is 410. The highest BCUT2D eigenvalue weighted by Gasteiger charge is 2.03. The molecule has 4 nitrogen and oxygen atoms in total. The van der Waals surface area contributed by atoms with Crippen LogP contribution in [0.3, 0.4) is 0 Å². The highest BCUT2D eigenvalue weighted by atomic mass is 127. The molecule has 0 radical (unpaired) electrons. The molecule has 0 saturated heterocycles. The van der Waals surface area contributed by atoms with Gasteiger partial charge < -0.3 is 15.4 Å². The summed E-state index contributed by atoms with van der Waals surface area (Å²) >= 11 is 0. The summed E-state index contributed by atoms with van der Waals surface area (Å²) in [5, 5.41) is 6.66. The van der Waals surface area contributed by atoms with Crippen molar-refractivity contribution in [2.45, 2.75) is 39.5 Å². The first-order valence-corrected chi connectivity index (χ1v) is 6.73. The second-order valence-corrected chi connectivity index (χ2v) is 4.63. The van der Waals surface area contributed by atoms with Gasteiger partial charge in [0.05, 0.1) is 6.61 Å². The van der Waals surface area contributed by atoms with Gasteiger partial charge in [0.15, 0.2) is 5.96 Å². The minimum absolute atomic E-state index is 0. The van der Waals surface area contributed by atoms with Crippen molar-refractivity contribution in [2.75, 3.05) is 14.2 Å². The fraction of sp³-hybridized carbons (Fsp3) is 0.533. The van der Waals surface area contributed by atoms with Crippen LogP contribution in [-0.2, 0) is 17.9 Å². The SMILES string of the molecule is CCC(C)NC(=NC)NCc1cccc(COC)c1.I. The van der Waals surface area contributed by atoms with Crippen LogP contribution in [0.4, 0.5) is 0 Å². The van der Waals surface area contributed by atoms with Crippen LogP contribution >= 0.6 is 24.0 Å². The Morgan fingerprint density at radius 1 is 1.35 bits per heavy atom. The predicted molar refractivity (Wildman–Crippen MR) is 95.7 cm³/mol. The molecule has 1 rings (SSSR count). The van der Waals surface area contributed by atoms with E-state index in [0.29, 0.717) is 12.6 Å². The van der Waals surface area contributed by atoms with Gasteiger partial charge in [-0.1, -0.05) is 31.2 Å². The molecule has 0 aliphatic rings. The number of nitrogens with one attached hydrogen (secondary N) is 2. The van der Waals surface area contributed by atoms with Crippen molar-refractivity contribution in [3.63, 3.8) is 0 Å². The molecule has 114 valence electrons. The maximum atomic E-state index is 5.14. The number of benzene rings is 1. The molecule has 0 bridgehead atoms. The van der Waals surface area contributed by atoms with Crippen molar-refractivity contribution < 1.29 is 4.74 Å². The number of ether oxygens (including phenoxy) is 1. The molecule has 0 amide bonds. The number of nitrogens with zero attached hydrogens (tertiary/aromatic N) is 1. The van der Waals surface area contributed by atoms with Crippen LogP contribution in [-0.4, -0.2) is 26.2 Å². The molecule has 1 atom stereocenters. The van der Waals surface area contributed by atoms with E-state index < -0.39 is 0 Å². The maximum absolute atomic E-state index is 5.14.